The Balaban J connectivity index is 3.58. The van der Waals surface area contributed by atoms with E-state index in [0.717, 1.165) is 7.11 Å². The minimum absolute atomic E-state index is 0.201. The molecule has 8 heteroatoms. The summed E-state index contributed by atoms with van der Waals surface area (Å²) >= 11 is 0. The molecule has 0 aromatic carbocycles. The highest BCUT2D eigenvalue weighted by Crippen LogP contribution is 2.38. The van der Waals surface area contributed by atoms with Gasteiger partial charge in [0, 0.05) is 6.20 Å². The molecule has 0 atom stereocenters. The van der Waals surface area contributed by atoms with Gasteiger partial charge in [-0.05, 0) is 0 Å². The number of pyridine rings is 1. The van der Waals surface area contributed by atoms with Crippen LogP contribution >= 0.6 is 0 Å². The fraction of sp³-hybridized carbons (Fsp3) is 0.375. The molecule has 3 nitrogen and oxygen atoms in total. The van der Waals surface area contributed by atoms with Crippen molar-refractivity contribution in [1.82, 2.24) is 4.98 Å². The van der Waals surface area contributed by atoms with Crippen LogP contribution in [0.5, 0.6) is 5.75 Å². The zero-order valence-corrected chi connectivity index (χ0v) is 7.86. The molecule has 0 saturated heterocycles. The predicted molar refractivity (Wildman–Crippen MR) is 43.6 cm³/mol. The largest absolute Gasteiger partial charge is 0.491 e. The Hall–Kier alpha value is -1.60. The Morgan fingerprint density at radius 1 is 1.38 bits per heavy atom. The molecule has 16 heavy (non-hydrogen) atoms. The van der Waals surface area contributed by atoms with Crippen LogP contribution in [0, 0.1) is 0 Å². The van der Waals surface area contributed by atoms with Gasteiger partial charge in [0.05, 0.1) is 18.2 Å². The van der Waals surface area contributed by atoms with Crippen molar-refractivity contribution in [3.8, 4) is 5.75 Å². The van der Waals surface area contributed by atoms with E-state index in [1.54, 1.807) is 4.98 Å². The number of nitrogens with one attached hydrogen (secondary N) is 1. The molecule has 0 aliphatic rings. The number of hydrogen-bond acceptors (Lipinski definition) is 2. The number of halogens is 5. The molecule has 1 heterocycles. The van der Waals surface area contributed by atoms with Crippen LogP contribution in [0.2, 0.25) is 0 Å². The van der Waals surface area contributed by atoms with Crippen molar-refractivity contribution in [1.29, 1.82) is 0 Å². The number of alkyl halides is 5. The van der Waals surface area contributed by atoms with Crippen molar-refractivity contribution >= 4 is 0 Å². The van der Waals surface area contributed by atoms with E-state index in [1.807, 2.05) is 0 Å². The quantitative estimate of drug-likeness (QED) is 0.810. The topological polar surface area (TPSA) is 42.1 Å². The summed E-state index contributed by atoms with van der Waals surface area (Å²) in [6.45, 7) is 0. The lowest BCUT2D eigenvalue weighted by molar-refractivity contribution is -0.140. The Bertz CT molecular complexity index is 437. The maximum absolute atomic E-state index is 12.5. The van der Waals surface area contributed by atoms with Gasteiger partial charge in [0.25, 0.3) is 12.0 Å². The molecule has 0 radical (unpaired) electrons. The normalized spacial score (nSPS) is 11.9. The Morgan fingerprint density at radius 2 is 1.94 bits per heavy atom. The number of methoxy groups -OCH3 is 1. The van der Waals surface area contributed by atoms with Crippen LogP contribution in [0.15, 0.2) is 11.0 Å². The molecule has 1 rings (SSSR count). The van der Waals surface area contributed by atoms with Gasteiger partial charge in [-0.1, -0.05) is 0 Å². The fourth-order valence-electron chi connectivity index (χ4n) is 1.18. The molecule has 0 aliphatic carbocycles. The average molecular weight is 243 g/mol. The molecule has 90 valence electrons. The van der Waals surface area contributed by atoms with Gasteiger partial charge in [-0.2, -0.15) is 13.2 Å². The highest BCUT2D eigenvalue weighted by molar-refractivity contribution is 5.39. The monoisotopic (exact) mass is 243 g/mol. The summed E-state index contributed by atoms with van der Waals surface area (Å²) in [6.07, 6.45) is -8.23. The number of hydrogen-bond donors (Lipinski definition) is 1. The van der Waals surface area contributed by atoms with Crippen LogP contribution in [0.25, 0.3) is 0 Å². The summed E-state index contributed by atoms with van der Waals surface area (Å²) < 4.78 is 66.2. The van der Waals surface area contributed by atoms with Gasteiger partial charge in [0.15, 0.2) is 5.75 Å². The van der Waals surface area contributed by atoms with E-state index in [2.05, 4.69) is 4.74 Å². The minimum Gasteiger partial charge on any atom is -0.491 e. The van der Waals surface area contributed by atoms with E-state index in [0.29, 0.717) is 0 Å². The third-order valence-electron chi connectivity index (χ3n) is 1.82. The van der Waals surface area contributed by atoms with Gasteiger partial charge in [0.1, 0.15) is 0 Å². The van der Waals surface area contributed by atoms with Gasteiger partial charge in [-0.15, -0.1) is 0 Å². The average Bonchev–Trinajstić information content (AvgIpc) is 2.14. The second-order valence-electron chi connectivity index (χ2n) is 2.78. The van der Waals surface area contributed by atoms with Crippen molar-refractivity contribution in [3.63, 3.8) is 0 Å². The fourth-order valence-corrected chi connectivity index (χ4v) is 1.18. The van der Waals surface area contributed by atoms with Crippen LogP contribution in [-0.2, 0) is 6.18 Å². The maximum Gasteiger partial charge on any atom is 0.418 e. The first-order valence-electron chi connectivity index (χ1n) is 3.94. The maximum atomic E-state index is 12.5. The summed E-state index contributed by atoms with van der Waals surface area (Å²) in [5.74, 6) is -1.02. The van der Waals surface area contributed by atoms with Crippen molar-refractivity contribution in [2.75, 3.05) is 7.11 Å². The minimum atomic E-state index is -4.98. The summed E-state index contributed by atoms with van der Waals surface area (Å²) in [5, 5.41) is 0. The van der Waals surface area contributed by atoms with Crippen molar-refractivity contribution < 1.29 is 26.7 Å². The van der Waals surface area contributed by atoms with Gasteiger partial charge in [0.2, 0.25) is 0 Å². The van der Waals surface area contributed by atoms with Crippen LogP contribution in [0.4, 0.5) is 22.0 Å². The predicted octanol–water partition coefficient (Wildman–Crippen LogP) is 2.34. The second kappa shape index (κ2) is 4.11. The summed E-state index contributed by atoms with van der Waals surface area (Å²) in [5.41, 5.74) is -4.19. The van der Waals surface area contributed by atoms with E-state index in [9.17, 15) is 26.7 Å². The lowest BCUT2D eigenvalue weighted by Gasteiger charge is -2.14. The zero-order valence-electron chi connectivity index (χ0n) is 7.86. The molecule has 0 saturated carbocycles. The Labute approximate surface area is 85.8 Å². The van der Waals surface area contributed by atoms with Gasteiger partial charge in [-0.3, -0.25) is 4.79 Å². The molecule has 0 bridgehead atoms. The summed E-state index contributed by atoms with van der Waals surface area (Å²) in [7, 11) is 0.844. The molecular weight excluding hydrogens is 237 g/mol. The Morgan fingerprint density at radius 3 is 2.31 bits per heavy atom. The molecule has 0 amide bonds. The molecule has 1 aromatic heterocycles. The van der Waals surface area contributed by atoms with E-state index < -0.39 is 35.0 Å². The van der Waals surface area contributed by atoms with Crippen LogP contribution in [-0.4, -0.2) is 12.1 Å². The first-order chi connectivity index (χ1) is 7.29. The number of H-pyrrole nitrogens is 1. The lowest BCUT2D eigenvalue weighted by Crippen LogP contribution is -2.19. The molecule has 1 aromatic rings. The third kappa shape index (κ3) is 2.15. The zero-order chi connectivity index (χ0) is 12.5. The van der Waals surface area contributed by atoms with Gasteiger partial charge >= 0.3 is 6.18 Å². The molecule has 0 unspecified atom stereocenters. The van der Waals surface area contributed by atoms with Gasteiger partial charge < -0.3 is 9.72 Å². The van der Waals surface area contributed by atoms with Gasteiger partial charge in [-0.25, -0.2) is 8.78 Å². The number of aromatic amines is 1. The number of ether oxygens (including phenoxy) is 1. The third-order valence-corrected chi connectivity index (χ3v) is 1.82. The van der Waals surface area contributed by atoms with E-state index in [1.165, 1.54) is 0 Å². The molecular formula is C8H6F5NO2. The number of rotatable bonds is 2. The Kier molecular flexibility index (Phi) is 3.20. The summed E-state index contributed by atoms with van der Waals surface area (Å²) in [6, 6.07) is 0. The van der Waals surface area contributed by atoms with E-state index in [-0.39, 0.29) is 6.20 Å². The SMILES string of the molecule is COc1c(C(F)F)c(C(F)(F)F)c[nH]c1=O. The lowest BCUT2D eigenvalue weighted by atomic mass is 10.1. The second-order valence-corrected chi connectivity index (χ2v) is 2.78. The molecule has 1 N–H and O–H groups in total. The van der Waals surface area contributed by atoms with E-state index >= 15 is 0 Å². The van der Waals surface area contributed by atoms with E-state index in [4.69, 9.17) is 0 Å². The highest BCUT2D eigenvalue weighted by Gasteiger charge is 2.38. The smallest absolute Gasteiger partial charge is 0.418 e. The molecule has 0 aliphatic heterocycles. The highest BCUT2D eigenvalue weighted by atomic mass is 19.4. The first-order valence-corrected chi connectivity index (χ1v) is 3.94. The summed E-state index contributed by atoms with van der Waals surface area (Å²) in [4.78, 5) is 12.7. The number of aromatic nitrogens is 1. The van der Waals surface area contributed by atoms with Crippen LogP contribution in [0.3, 0.4) is 0 Å². The molecule has 0 fully saturated rings. The van der Waals surface area contributed by atoms with Crippen molar-refractivity contribution in [2.24, 2.45) is 0 Å². The van der Waals surface area contributed by atoms with Crippen molar-refractivity contribution in [3.05, 3.63) is 27.7 Å². The van der Waals surface area contributed by atoms with Crippen LogP contribution < -0.4 is 10.3 Å². The molecule has 0 spiro atoms. The van der Waals surface area contributed by atoms with Crippen molar-refractivity contribution in [2.45, 2.75) is 12.6 Å². The standard InChI is InChI=1S/C8H6F5NO2/c1-16-5-4(6(9)10)3(8(11,12)13)2-14-7(5)15/h2,6H,1H3,(H,14,15). The first kappa shape index (κ1) is 12.5. The van der Waals surface area contributed by atoms with Crippen LogP contribution in [0.1, 0.15) is 17.6 Å².